The lowest BCUT2D eigenvalue weighted by atomic mass is 10.2. The lowest BCUT2D eigenvalue weighted by Gasteiger charge is -2.12. The Kier molecular flexibility index (Phi) is 4.71. The lowest BCUT2D eigenvalue weighted by molar-refractivity contribution is 0.211. The predicted octanol–water partition coefficient (Wildman–Crippen LogP) is 3.04. The minimum absolute atomic E-state index is 0.448. The second kappa shape index (κ2) is 6.70. The van der Waals surface area contributed by atoms with Crippen molar-refractivity contribution in [1.29, 1.82) is 0 Å². The number of ether oxygens (including phenoxy) is 3. The maximum Gasteiger partial charge on any atom is 0.161 e. The number of aryl methyl sites for hydroxylation is 1. The minimum atomic E-state index is 0.448. The monoisotopic (exact) mass is 273 g/mol. The van der Waals surface area contributed by atoms with Gasteiger partial charge in [0.1, 0.15) is 19.0 Å². The van der Waals surface area contributed by atoms with E-state index in [1.54, 1.807) is 19.2 Å². The van der Waals surface area contributed by atoms with Crippen molar-refractivity contribution in [3.05, 3.63) is 48.0 Å². The molecule has 0 amide bonds. The van der Waals surface area contributed by atoms with Crippen LogP contribution in [0.4, 0.5) is 5.69 Å². The molecule has 0 bridgehead atoms. The van der Waals surface area contributed by atoms with Crippen LogP contribution in [0.3, 0.4) is 0 Å². The summed E-state index contributed by atoms with van der Waals surface area (Å²) in [6.07, 6.45) is 0. The van der Waals surface area contributed by atoms with Crippen LogP contribution in [-0.2, 0) is 0 Å². The molecule has 2 rings (SSSR count). The molecule has 0 aliphatic carbocycles. The summed E-state index contributed by atoms with van der Waals surface area (Å²) in [4.78, 5) is 0. The Morgan fingerprint density at radius 1 is 0.900 bits per heavy atom. The molecular formula is C16H19NO3. The van der Waals surface area contributed by atoms with Gasteiger partial charge in [0, 0.05) is 5.69 Å². The highest BCUT2D eigenvalue weighted by atomic mass is 16.5. The number of benzene rings is 2. The quantitative estimate of drug-likeness (QED) is 0.649. The largest absolute Gasteiger partial charge is 0.493 e. The zero-order chi connectivity index (χ0) is 14.4. The van der Waals surface area contributed by atoms with Crippen LogP contribution < -0.4 is 19.9 Å². The van der Waals surface area contributed by atoms with Crippen LogP contribution >= 0.6 is 0 Å². The Morgan fingerprint density at radius 2 is 1.60 bits per heavy atom. The van der Waals surface area contributed by atoms with E-state index in [9.17, 15) is 0 Å². The fraction of sp³-hybridized carbons (Fsp3) is 0.250. The fourth-order valence-electron chi connectivity index (χ4n) is 1.77. The number of anilines is 1. The van der Waals surface area contributed by atoms with E-state index in [-0.39, 0.29) is 0 Å². The highest BCUT2D eigenvalue weighted by Crippen LogP contribution is 2.27. The van der Waals surface area contributed by atoms with E-state index in [4.69, 9.17) is 19.9 Å². The van der Waals surface area contributed by atoms with Gasteiger partial charge in [-0.15, -0.1) is 0 Å². The van der Waals surface area contributed by atoms with Gasteiger partial charge in [-0.25, -0.2) is 0 Å². The lowest BCUT2D eigenvalue weighted by Crippen LogP contribution is -2.09. The molecule has 106 valence electrons. The number of nitrogen functional groups attached to an aromatic ring is 1. The summed E-state index contributed by atoms with van der Waals surface area (Å²) in [5.41, 5.74) is 7.46. The van der Waals surface area contributed by atoms with Crippen LogP contribution in [0.25, 0.3) is 0 Å². The average molecular weight is 273 g/mol. The summed E-state index contributed by atoms with van der Waals surface area (Å²) in [5, 5.41) is 0. The third-order valence-electron chi connectivity index (χ3n) is 2.81. The van der Waals surface area contributed by atoms with Gasteiger partial charge in [-0.05, 0) is 48.9 Å². The number of hydrogen-bond donors (Lipinski definition) is 1. The van der Waals surface area contributed by atoms with Gasteiger partial charge in [0.05, 0.1) is 7.11 Å². The number of hydrogen-bond acceptors (Lipinski definition) is 4. The van der Waals surface area contributed by atoms with Crippen LogP contribution in [0.5, 0.6) is 17.2 Å². The van der Waals surface area contributed by atoms with Gasteiger partial charge in [0.2, 0.25) is 0 Å². The molecule has 0 fully saturated rings. The first-order chi connectivity index (χ1) is 9.69. The highest BCUT2D eigenvalue weighted by Gasteiger charge is 2.04. The third kappa shape index (κ3) is 3.82. The van der Waals surface area contributed by atoms with E-state index >= 15 is 0 Å². The summed E-state index contributed by atoms with van der Waals surface area (Å²) < 4.78 is 16.5. The summed E-state index contributed by atoms with van der Waals surface area (Å²) in [6, 6.07) is 13.1. The van der Waals surface area contributed by atoms with Crippen molar-refractivity contribution in [3.8, 4) is 17.2 Å². The smallest absolute Gasteiger partial charge is 0.161 e. The molecule has 0 aliphatic heterocycles. The number of rotatable bonds is 6. The second-order valence-electron chi connectivity index (χ2n) is 4.42. The summed E-state index contributed by atoms with van der Waals surface area (Å²) >= 11 is 0. The molecule has 2 aromatic rings. The molecule has 20 heavy (non-hydrogen) atoms. The van der Waals surface area contributed by atoms with Crippen molar-refractivity contribution in [3.63, 3.8) is 0 Å². The maximum absolute atomic E-state index is 5.65. The third-order valence-corrected chi connectivity index (χ3v) is 2.81. The van der Waals surface area contributed by atoms with Crippen LogP contribution in [0.1, 0.15) is 5.56 Å². The summed E-state index contributed by atoms with van der Waals surface area (Å²) in [5.74, 6) is 2.23. The first kappa shape index (κ1) is 14.1. The van der Waals surface area contributed by atoms with Crippen molar-refractivity contribution in [2.45, 2.75) is 6.92 Å². The molecule has 0 aromatic heterocycles. The van der Waals surface area contributed by atoms with E-state index < -0.39 is 0 Å². The molecule has 0 unspecified atom stereocenters. The van der Waals surface area contributed by atoms with E-state index in [1.807, 2.05) is 37.3 Å². The van der Waals surface area contributed by atoms with E-state index in [0.717, 1.165) is 28.5 Å². The molecule has 0 atom stereocenters. The van der Waals surface area contributed by atoms with Crippen LogP contribution in [-0.4, -0.2) is 20.3 Å². The van der Waals surface area contributed by atoms with Gasteiger partial charge in [0.25, 0.3) is 0 Å². The van der Waals surface area contributed by atoms with Gasteiger partial charge in [-0.2, -0.15) is 0 Å². The Bertz CT molecular complexity index is 552. The zero-order valence-electron chi connectivity index (χ0n) is 11.8. The molecule has 0 spiro atoms. The average Bonchev–Trinajstić information content (AvgIpc) is 2.46. The van der Waals surface area contributed by atoms with Crippen LogP contribution in [0.15, 0.2) is 42.5 Å². The molecule has 4 nitrogen and oxygen atoms in total. The molecule has 0 radical (unpaired) electrons. The topological polar surface area (TPSA) is 53.7 Å². The van der Waals surface area contributed by atoms with Crippen molar-refractivity contribution in [2.24, 2.45) is 0 Å². The molecule has 0 saturated heterocycles. The Morgan fingerprint density at radius 3 is 2.30 bits per heavy atom. The Hall–Kier alpha value is -2.36. The van der Waals surface area contributed by atoms with E-state index in [2.05, 4.69) is 0 Å². The zero-order valence-corrected chi connectivity index (χ0v) is 11.8. The summed E-state index contributed by atoms with van der Waals surface area (Å²) in [6.45, 7) is 2.92. The second-order valence-corrected chi connectivity index (χ2v) is 4.42. The maximum atomic E-state index is 5.65. The molecule has 0 heterocycles. The van der Waals surface area contributed by atoms with Gasteiger partial charge < -0.3 is 19.9 Å². The van der Waals surface area contributed by atoms with Crippen molar-refractivity contribution in [2.75, 3.05) is 26.1 Å². The normalized spacial score (nSPS) is 10.1. The van der Waals surface area contributed by atoms with Gasteiger partial charge in [0.15, 0.2) is 11.5 Å². The first-order valence-electron chi connectivity index (χ1n) is 6.45. The molecule has 0 aliphatic rings. The molecular weight excluding hydrogens is 254 g/mol. The van der Waals surface area contributed by atoms with Gasteiger partial charge in [-0.1, -0.05) is 6.07 Å². The van der Waals surface area contributed by atoms with Crippen LogP contribution in [0, 0.1) is 6.92 Å². The van der Waals surface area contributed by atoms with Crippen molar-refractivity contribution >= 4 is 5.69 Å². The molecule has 0 saturated carbocycles. The summed E-state index contributed by atoms with van der Waals surface area (Å²) in [7, 11) is 1.63. The minimum Gasteiger partial charge on any atom is -0.493 e. The first-order valence-corrected chi connectivity index (χ1v) is 6.45. The molecule has 2 N–H and O–H groups in total. The number of nitrogens with two attached hydrogens (primary N) is 1. The van der Waals surface area contributed by atoms with Crippen molar-refractivity contribution in [1.82, 2.24) is 0 Å². The van der Waals surface area contributed by atoms with E-state index in [1.165, 1.54) is 0 Å². The predicted molar refractivity (Wildman–Crippen MR) is 79.6 cm³/mol. The molecule has 2 aromatic carbocycles. The Labute approximate surface area is 119 Å². The standard InChI is InChI=1S/C16H19NO3/c1-12-3-8-15(16(11-12)18-2)20-10-9-19-14-6-4-13(17)5-7-14/h3-8,11H,9-10,17H2,1-2H3. The van der Waals surface area contributed by atoms with Crippen LogP contribution in [0.2, 0.25) is 0 Å². The van der Waals surface area contributed by atoms with Crippen molar-refractivity contribution < 1.29 is 14.2 Å². The van der Waals surface area contributed by atoms with Gasteiger partial charge >= 0.3 is 0 Å². The highest BCUT2D eigenvalue weighted by molar-refractivity contribution is 5.43. The SMILES string of the molecule is COc1cc(C)ccc1OCCOc1ccc(N)cc1. The molecule has 4 heteroatoms. The van der Waals surface area contributed by atoms with Gasteiger partial charge in [-0.3, -0.25) is 0 Å². The fourth-order valence-corrected chi connectivity index (χ4v) is 1.77. The Balaban J connectivity index is 1.82. The van der Waals surface area contributed by atoms with E-state index in [0.29, 0.717) is 13.2 Å². The number of methoxy groups -OCH3 is 1.